The summed E-state index contributed by atoms with van der Waals surface area (Å²) in [5.74, 6) is 0.0626. The summed E-state index contributed by atoms with van der Waals surface area (Å²) in [7, 11) is 0. The standard InChI is InChI=1S/C38H43F4N4O2S/c1-4-46(5-2,6-3)23-22-44(24-27-10-14-29(15-11-27)30-16-18-31(19-17-30)38(40,41)42)35(47)25-45-34-9-7-8-33(34)36(48)43-37(45)49-26-28-12-20-32(39)21-13-28/h10-21H,4-9,22-26H2,1-3H3/q+1. The molecule has 49 heavy (non-hydrogen) atoms. The molecule has 1 aliphatic carbocycles. The number of rotatable bonds is 14. The summed E-state index contributed by atoms with van der Waals surface area (Å²) in [6.07, 6.45) is -2.24. The van der Waals surface area contributed by atoms with E-state index in [9.17, 15) is 27.2 Å². The van der Waals surface area contributed by atoms with E-state index in [4.69, 9.17) is 0 Å². The van der Waals surface area contributed by atoms with Gasteiger partial charge in [-0.2, -0.15) is 18.2 Å². The lowest BCUT2D eigenvalue weighted by Gasteiger charge is -2.37. The van der Waals surface area contributed by atoms with Crippen LogP contribution in [0.4, 0.5) is 17.6 Å². The van der Waals surface area contributed by atoms with Gasteiger partial charge < -0.3 is 14.0 Å². The van der Waals surface area contributed by atoms with Crippen LogP contribution in [0.15, 0.2) is 82.7 Å². The number of halogens is 4. The van der Waals surface area contributed by atoms with Crippen molar-refractivity contribution in [2.75, 3.05) is 32.7 Å². The Kier molecular flexibility index (Phi) is 11.7. The van der Waals surface area contributed by atoms with Crippen molar-refractivity contribution >= 4 is 17.7 Å². The van der Waals surface area contributed by atoms with Crippen molar-refractivity contribution in [2.45, 2.75) is 70.2 Å². The van der Waals surface area contributed by atoms with E-state index in [1.807, 2.05) is 33.7 Å². The minimum Gasteiger partial charge on any atom is -0.331 e. The molecule has 1 aromatic heterocycles. The molecule has 0 saturated carbocycles. The number of fused-ring (bicyclic) bond motifs is 1. The van der Waals surface area contributed by atoms with Crippen molar-refractivity contribution in [3.05, 3.63) is 117 Å². The van der Waals surface area contributed by atoms with Crippen LogP contribution in [-0.2, 0) is 42.7 Å². The molecule has 0 spiro atoms. The minimum absolute atomic E-state index is 0.0371. The molecule has 3 aromatic carbocycles. The third kappa shape index (κ3) is 8.80. The molecule has 1 amide bonds. The molecule has 1 heterocycles. The maximum absolute atomic E-state index is 14.3. The van der Waals surface area contributed by atoms with Crippen molar-refractivity contribution in [1.82, 2.24) is 14.5 Å². The van der Waals surface area contributed by atoms with Crippen LogP contribution in [0.3, 0.4) is 0 Å². The maximum atomic E-state index is 14.3. The Hall–Kier alpha value is -3.96. The summed E-state index contributed by atoms with van der Waals surface area (Å²) >= 11 is 1.37. The highest BCUT2D eigenvalue weighted by atomic mass is 32.2. The van der Waals surface area contributed by atoms with E-state index in [0.29, 0.717) is 48.0 Å². The molecule has 0 fully saturated rings. The van der Waals surface area contributed by atoms with E-state index in [0.717, 1.165) is 71.6 Å². The van der Waals surface area contributed by atoms with Crippen molar-refractivity contribution < 1.29 is 26.8 Å². The lowest BCUT2D eigenvalue weighted by Crippen LogP contribution is -2.52. The lowest BCUT2D eigenvalue weighted by molar-refractivity contribution is -0.922. The molecule has 0 N–H and O–H groups in total. The SMILES string of the molecule is CC[N+](CC)(CC)CCN(Cc1ccc(-c2ccc(C(F)(F)F)cc2)cc1)C(=O)Cn1c(SCc2ccc(F)cc2)nc(=O)c2c1CCC2. The highest BCUT2D eigenvalue weighted by Crippen LogP contribution is 2.31. The molecule has 11 heteroatoms. The normalized spacial score (nSPS) is 13.0. The number of aromatic nitrogens is 2. The zero-order chi connectivity index (χ0) is 35.2. The predicted molar refractivity (Wildman–Crippen MR) is 186 cm³/mol. The topological polar surface area (TPSA) is 55.2 Å². The number of amides is 1. The fourth-order valence-corrected chi connectivity index (χ4v) is 7.43. The van der Waals surface area contributed by atoms with Gasteiger partial charge in [-0.1, -0.05) is 60.3 Å². The molecular weight excluding hydrogens is 653 g/mol. The van der Waals surface area contributed by atoms with E-state index < -0.39 is 11.7 Å². The Bertz CT molecular complexity index is 1780. The molecule has 0 bridgehead atoms. The van der Waals surface area contributed by atoms with E-state index in [2.05, 4.69) is 25.8 Å². The van der Waals surface area contributed by atoms with Gasteiger partial charge in [-0.3, -0.25) is 9.59 Å². The van der Waals surface area contributed by atoms with Crippen molar-refractivity contribution in [3.8, 4) is 11.1 Å². The lowest BCUT2D eigenvalue weighted by atomic mass is 10.0. The Morgan fingerprint density at radius 2 is 1.47 bits per heavy atom. The molecule has 260 valence electrons. The second kappa shape index (κ2) is 15.7. The Morgan fingerprint density at radius 1 is 0.878 bits per heavy atom. The first-order chi connectivity index (χ1) is 23.4. The summed E-state index contributed by atoms with van der Waals surface area (Å²) in [4.78, 5) is 33.6. The van der Waals surface area contributed by atoms with Crippen LogP contribution < -0.4 is 5.56 Å². The average molecular weight is 696 g/mol. The minimum atomic E-state index is -4.39. The number of carbonyl (C=O) groups excluding carboxylic acids is 1. The fourth-order valence-electron chi connectivity index (χ4n) is 6.47. The number of nitrogens with zero attached hydrogens (tertiary/aromatic N) is 4. The molecule has 0 radical (unpaired) electrons. The molecule has 0 saturated heterocycles. The van der Waals surface area contributed by atoms with Crippen LogP contribution in [0.5, 0.6) is 0 Å². The van der Waals surface area contributed by atoms with Crippen LogP contribution >= 0.6 is 11.8 Å². The zero-order valence-corrected chi connectivity index (χ0v) is 29.0. The van der Waals surface area contributed by atoms with Gasteiger partial charge in [0.15, 0.2) is 5.16 Å². The molecule has 4 aromatic rings. The molecule has 0 unspecified atom stereocenters. The fraction of sp³-hybridized carbons (Fsp3) is 0.395. The number of likely N-dealkylation sites (N-methyl/N-ethyl adjacent to an activating group) is 1. The van der Waals surface area contributed by atoms with Gasteiger partial charge >= 0.3 is 6.18 Å². The van der Waals surface area contributed by atoms with Gasteiger partial charge in [-0.15, -0.1) is 0 Å². The van der Waals surface area contributed by atoms with E-state index in [1.165, 1.54) is 36.0 Å². The molecule has 1 aliphatic rings. The van der Waals surface area contributed by atoms with Gasteiger partial charge in [-0.05, 0) is 86.6 Å². The third-order valence-electron chi connectivity index (χ3n) is 9.86. The summed E-state index contributed by atoms with van der Waals surface area (Å²) in [5, 5.41) is 0.477. The number of hydrogen-bond donors (Lipinski definition) is 0. The van der Waals surface area contributed by atoms with Gasteiger partial charge in [0.05, 0.1) is 38.3 Å². The Labute approximate surface area is 289 Å². The maximum Gasteiger partial charge on any atom is 0.416 e. The number of hydrogen-bond acceptors (Lipinski definition) is 4. The second-order valence-electron chi connectivity index (χ2n) is 12.6. The predicted octanol–water partition coefficient (Wildman–Crippen LogP) is 7.75. The summed E-state index contributed by atoms with van der Waals surface area (Å²) in [5.41, 5.74) is 3.83. The van der Waals surface area contributed by atoms with Gasteiger partial charge in [0.2, 0.25) is 5.91 Å². The quantitative estimate of drug-likeness (QED) is 0.0586. The highest BCUT2D eigenvalue weighted by molar-refractivity contribution is 7.98. The monoisotopic (exact) mass is 695 g/mol. The van der Waals surface area contributed by atoms with Crippen molar-refractivity contribution in [2.24, 2.45) is 0 Å². The van der Waals surface area contributed by atoms with E-state index in [1.54, 1.807) is 12.1 Å². The summed E-state index contributed by atoms with van der Waals surface area (Å²) in [6.45, 7) is 11.0. The van der Waals surface area contributed by atoms with Crippen LogP contribution in [0, 0.1) is 5.82 Å². The number of alkyl halides is 3. The largest absolute Gasteiger partial charge is 0.416 e. The smallest absolute Gasteiger partial charge is 0.331 e. The zero-order valence-electron chi connectivity index (χ0n) is 28.2. The third-order valence-corrected chi connectivity index (χ3v) is 10.9. The molecule has 5 rings (SSSR count). The number of benzene rings is 3. The molecule has 0 atom stereocenters. The van der Waals surface area contributed by atoms with Crippen LogP contribution in [0.2, 0.25) is 0 Å². The van der Waals surface area contributed by atoms with Crippen LogP contribution in [0.25, 0.3) is 11.1 Å². The van der Waals surface area contributed by atoms with Gasteiger partial charge in [-0.25, -0.2) is 4.39 Å². The van der Waals surface area contributed by atoms with Gasteiger partial charge in [0.25, 0.3) is 5.56 Å². The van der Waals surface area contributed by atoms with Crippen molar-refractivity contribution in [1.29, 1.82) is 0 Å². The molecular formula is C38H43F4N4O2S+. The van der Waals surface area contributed by atoms with Crippen molar-refractivity contribution in [3.63, 3.8) is 0 Å². The first-order valence-electron chi connectivity index (χ1n) is 16.8. The summed E-state index contributed by atoms with van der Waals surface area (Å²) < 4.78 is 55.5. The number of carbonyl (C=O) groups is 1. The molecule has 6 nitrogen and oxygen atoms in total. The van der Waals surface area contributed by atoms with Crippen LogP contribution in [0.1, 0.15) is 55.1 Å². The average Bonchev–Trinajstić information content (AvgIpc) is 3.61. The Balaban J connectivity index is 1.40. The second-order valence-corrected chi connectivity index (χ2v) is 13.5. The number of quaternary nitrogens is 1. The highest BCUT2D eigenvalue weighted by Gasteiger charge is 2.30. The first-order valence-corrected chi connectivity index (χ1v) is 17.8. The number of thioether (sulfide) groups is 1. The first kappa shape index (κ1) is 36.3. The summed E-state index contributed by atoms with van der Waals surface area (Å²) in [6, 6.07) is 18.9. The van der Waals surface area contributed by atoms with Gasteiger partial charge in [0.1, 0.15) is 12.4 Å². The Morgan fingerprint density at radius 3 is 2.06 bits per heavy atom. The van der Waals surface area contributed by atoms with Crippen LogP contribution in [-0.4, -0.2) is 57.6 Å². The molecule has 0 aliphatic heterocycles. The van der Waals surface area contributed by atoms with E-state index in [-0.39, 0.29) is 23.8 Å². The van der Waals surface area contributed by atoms with E-state index >= 15 is 0 Å². The van der Waals surface area contributed by atoms with Gasteiger partial charge in [0, 0.05) is 23.6 Å².